The number of sulfonamides is 1. The second kappa shape index (κ2) is 5.40. The molecule has 0 aromatic heterocycles. The molecule has 1 aromatic carbocycles. The van der Waals surface area contributed by atoms with Crippen molar-refractivity contribution in [2.75, 3.05) is 6.54 Å². The molecule has 19 heavy (non-hydrogen) atoms. The molecule has 1 aliphatic rings. The Morgan fingerprint density at radius 3 is 2.37 bits per heavy atom. The van der Waals surface area contributed by atoms with Crippen LogP contribution in [-0.2, 0) is 10.0 Å². The molecule has 0 saturated heterocycles. The van der Waals surface area contributed by atoms with Crippen LogP contribution in [0.4, 0.5) is 0 Å². The van der Waals surface area contributed by atoms with Gasteiger partial charge >= 0.3 is 0 Å². The maximum atomic E-state index is 12.2. The number of hydrogen-bond acceptors (Lipinski definition) is 4. The molecule has 104 valence electrons. The summed E-state index contributed by atoms with van der Waals surface area (Å²) in [6.45, 7) is 1.74. The van der Waals surface area contributed by atoms with Gasteiger partial charge in [0.1, 0.15) is 0 Å². The molecule has 1 atom stereocenters. The van der Waals surface area contributed by atoms with Crippen molar-refractivity contribution < 1.29 is 13.2 Å². The highest BCUT2D eigenvalue weighted by Crippen LogP contribution is 2.32. The van der Waals surface area contributed by atoms with Gasteiger partial charge in [-0.15, -0.1) is 0 Å². The van der Waals surface area contributed by atoms with E-state index in [1.165, 1.54) is 31.2 Å². The van der Waals surface area contributed by atoms with Crippen LogP contribution in [0.1, 0.15) is 30.1 Å². The number of rotatable bonds is 6. The minimum Gasteiger partial charge on any atom is -0.329 e. The number of benzene rings is 1. The Morgan fingerprint density at radius 1 is 1.37 bits per heavy atom. The summed E-state index contributed by atoms with van der Waals surface area (Å²) in [5.41, 5.74) is 6.09. The number of carbonyl (C=O) groups excluding carboxylic acids is 1. The Balaban J connectivity index is 2.16. The highest BCUT2D eigenvalue weighted by atomic mass is 32.2. The molecule has 0 bridgehead atoms. The van der Waals surface area contributed by atoms with Gasteiger partial charge in [0.15, 0.2) is 5.78 Å². The molecule has 3 N–H and O–H groups in total. The van der Waals surface area contributed by atoms with E-state index in [0.29, 0.717) is 18.0 Å². The van der Waals surface area contributed by atoms with Crippen LogP contribution in [0, 0.1) is 5.92 Å². The van der Waals surface area contributed by atoms with Crippen LogP contribution in [0.2, 0.25) is 0 Å². The predicted octanol–water partition coefficient (Wildman–Crippen LogP) is 0.905. The fourth-order valence-electron chi connectivity index (χ4n) is 1.97. The summed E-state index contributed by atoms with van der Waals surface area (Å²) >= 11 is 0. The molecule has 1 aromatic rings. The van der Waals surface area contributed by atoms with Crippen molar-refractivity contribution in [2.24, 2.45) is 11.7 Å². The lowest BCUT2D eigenvalue weighted by Crippen LogP contribution is -2.41. The second-order valence-electron chi connectivity index (χ2n) is 4.88. The zero-order chi connectivity index (χ0) is 14.0. The first-order chi connectivity index (χ1) is 8.94. The molecule has 0 unspecified atom stereocenters. The summed E-state index contributed by atoms with van der Waals surface area (Å²) in [6.07, 6.45) is 2.04. The molecule has 0 radical (unpaired) electrons. The molecule has 6 heteroatoms. The van der Waals surface area contributed by atoms with E-state index in [4.69, 9.17) is 5.73 Å². The molecular formula is C13H18N2O3S. The van der Waals surface area contributed by atoms with E-state index in [1.807, 2.05) is 0 Å². The largest absolute Gasteiger partial charge is 0.329 e. The normalized spacial score (nSPS) is 17.2. The van der Waals surface area contributed by atoms with Crippen LogP contribution in [0.3, 0.4) is 0 Å². The van der Waals surface area contributed by atoms with Gasteiger partial charge in [-0.25, -0.2) is 13.1 Å². The molecular weight excluding hydrogens is 264 g/mol. The van der Waals surface area contributed by atoms with Crippen molar-refractivity contribution in [2.45, 2.75) is 30.7 Å². The van der Waals surface area contributed by atoms with Crippen molar-refractivity contribution in [1.29, 1.82) is 0 Å². The Hall–Kier alpha value is -1.24. The zero-order valence-electron chi connectivity index (χ0n) is 10.8. The summed E-state index contributed by atoms with van der Waals surface area (Å²) in [6, 6.07) is 5.73. The molecule has 0 heterocycles. The quantitative estimate of drug-likeness (QED) is 0.759. The van der Waals surface area contributed by atoms with Gasteiger partial charge in [0.2, 0.25) is 10.0 Å². The van der Waals surface area contributed by atoms with Crippen molar-refractivity contribution in [3.8, 4) is 0 Å². The first kappa shape index (κ1) is 14.2. The lowest BCUT2D eigenvalue weighted by Gasteiger charge is -2.16. The van der Waals surface area contributed by atoms with Crippen LogP contribution >= 0.6 is 0 Å². The Morgan fingerprint density at radius 2 is 1.95 bits per heavy atom. The van der Waals surface area contributed by atoms with E-state index in [9.17, 15) is 13.2 Å². The SMILES string of the molecule is CC(=O)c1ccc(S(=O)(=O)N[C@@H](CN)C2CC2)cc1. The number of nitrogens with one attached hydrogen (secondary N) is 1. The smallest absolute Gasteiger partial charge is 0.240 e. The topological polar surface area (TPSA) is 89.3 Å². The van der Waals surface area contributed by atoms with E-state index >= 15 is 0 Å². The van der Waals surface area contributed by atoms with Crippen molar-refractivity contribution in [1.82, 2.24) is 4.72 Å². The lowest BCUT2D eigenvalue weighted by molar-refractivity contribution is 0.101. The number of carbonyl (C=O) groups is 1. The van der Waals surface area contributed by atoms with Gasteiger partial charge in [-0.1, -0.05) is 12.1 Å². The van der Waals surface area contributed by atoms with Gasteiger partial charge in [0.05, 0.1) is 4.90 Å². The minimum absolute atomic E-state index is 0.0882. The number of hydrogen-bond donors (Lipinski definition) is 2. The molecule has 0 spiro atoms. The molecule has 1 aliphatic carbocycles. The van der Waals surface area contributed by atoms with Crippen LogP contribution in [-0.4, -0.2) is 26.8 Å². The third kappa shape index (κ3) is 3.40. The third-order valence-electron chi connectivity index (χ3n) is 3.32. The maximum absolute atomic E-state index is 12.2. The average molecular weight is 282 g/mol. The van der Waals surface area contributed by atoms with Gasteiger partial charge in [-0.05, 0) is 37.8 Å². The van der Waals surface area contributed by atoms with Crippen LogP contribution in [0.5, 0.6) is 0 Å². The second-order valence-corrected chi connectivity index (χ2v) is 6.60. The molecule has 2 rings (SSSR count). The van der Waals surface area contributed by atoms with Gasteiger partial charge in [-0.2, -0.15) is 0 Å². The van der Waals surface area contributed by atoms with Crippen molar-refractivity contribution in [3.05, 3.63) is 29.8 Å². The molecule has 0 aliphatic heterocycles. The summed E-state index contributed by atoms with van der Waals surface area (Å²) in [7, 11) is -3.56. The van der Waals surface area contributed by atoms with Gasteiger partial charge < -0.3 is 5.73 Å². The maximum Gasteiger partial charge on any atom is 0.240 e. The van der Waals surface area contributed by atoms with E-state index in [1.54, 1.807) is 0 Å². The summed E-state index contributed by atoms with van der Waals surface area (Å²) in [5.74, 6) is 0.269. The number of nitrogens with two attached hydrogens (primary N) is 1. The summed E-state index contributed by atoms with van der Waals surface area (Å²) in [4.78, 5) is 11.3. The predicted molar refractivity (Wildman–Crippen MR) is 72.3 cm³/mol. The van der Waals surface area contributed by atoms with Crippen LogP contribution in [0.15, 0.2) is 29.2 Å². The molecule has 0 amide bonds. The number of ketones is 1. The summed E-state index contributed by atoms with van der Waals surface area (Å²) in [5, 5.41) is 0. The summed E-state index contributed by atoms with van der Waals surface area (Å²) < 4.78 is 27.0. The van der Waals surface area contributed by atoms with Crippen molar-refractivity contribution in [3.63, 3.8) is 0 Å². The Labute approximate surface area is 113 Å². The first-order valence-corrected chi connectivity index (χ1v) is 7.76. The van der Waals surface area contributed by atoms with Gasteiger partial charge in [-0.3, -0.25) is 4.79 Å². The van der Waals surface area contributed by atoms with Gasteiger partial charge in [0.25, 0.3) is 0 Å². The Bertz CT molecular complexity index is 562. The lowest BCUT2D eigenvalue weighted by atomic mass is 10.2. The standard InChI is InChI=1S/C13H18N2O3S/c1-9(16)10-4-6-12(7-5-10)19(17,18)15-13(8-14)11-2-3-11/h4-7,11,13,15H,2-3,8,14H2,1H3/t13-/m0/s1. The first-order valence-electron chi connectivity index (χ1n) is 6.27. The highest BCUT2D eigenvalue weighted by Gasteiger charge is 2.33. The molecule has 1 saturated carbocycles. The molecule has 1 fully saturated rings. The van der Waals surface area contributed by atoms with E-state index in [0.717, 1.165) is 12.8 Å². The van der Waals surface area contributed by atoms with E-state index in [-0.39, 0.29) is 16.7 Å². The Kier molecular flexibility index (Phi) is 4.03. The van der Waals surface area contributed by atoms with Crippen LogP contribution in [0.25, 0.3) is 0 Å². The zero-order valence-corrected chi connectivity index (χ0v) is 11.6. The fourth-order valence-corrected chi connectivity index (χ4v) is 3.29. The van der Waals surface area contributed by atoms with Gasteiger partial charge in [0, 0.05) is 18.2 Å². The minimum atomic E-state index is -3.56. The fraction of sp³-hybridized carbons (Fsp3) is 0.462. The monoisotopic (exact) mass is 282 g/mol. The number of Topliss-reactive ketones (excluding diaryl/α,β-unsaturated/α-hetero) is 1. The van der Waals surface area contributed by atoms with E-state index < -0.39 is 10.0 Å². The molecule has 5 nitrogen and oxygen atoms in total. The third-order valence-corrected chi connectivity index (χ3v) is 4.83. The van der Waals surface area contributed by atoms with Crippen molar-refractivity contribution >= 4 is 15.8 Å². The van der Waals surface area contributed by atoms with E-state index in [2.05, 4.69) is 4.72 Å². The average Bonchev–Trinajstić information content (AvgIpc) is 3.20. The highest BCUT2D eigenvalue weighted by molar-refractivity contribution is 7.89. The van der Waals surface area contributed by atoms with Crippen LogP contribution < -0.4 is 10.5 Å².